The minimum atomic E-state index is -4.78. The number of ketones is 1. The SMILES string of the molecule is Cc1ccc(CC(=O)C[C@@H]2CCCN(c3ccc(-c4ccccc4NS(C)(=O)=O)cc3C(F)(F)F)C2=O)cc1. The Kier molecular flexibility index (Phi) is 8.15. The molecule has 0 bridgehead atoms. The molecule has 1 heterocycles. The topological polar surface area (TPSA) is 83.6 Å². The first-order valence-electron chi connectivity index (χ1n) is 12.5. The molecule has 39 heavy (non-hydrogen) atoms. The highest BCUT2D eigenvalue weighted by molar-refractivity contribution is 7.92. The van der Waals surface area contributed by atoms with Gasteiger partial charge in [-0.25, -0.2) is 8.42 Å². The van der Waals surface area contributed by atoms with Gasteiger partial charge in [-0.3, -0.25) is 14.3 Å². The number of para-hydroxylation sites is 1. The predicted octanol–water partition coefficient (Wildman–Crippen LogP) is 6.00. The number of anilines is 2. The molecule has 0 saturated carbocycles. The average molecular weight is 559 g/mol. The van der Waals surface area contributed by atoms with E-state index in [0.29, 0.717) is 12.8 Å². The fraction of sp³-hybridized carbons (Fsp3) is 0.310. The van der Waals surface area contributed by atoms with E-state index in [9.17, 15) is 31.2 Å². The van der Waals surface area contributed by atoms with Crippen LogP contribution in [0, 0.1) is 12.8 Å². The van der Waals surface area contributed by atoms with E-state index in [0.717, 1.165) is 28.3 Å². The summed E-state index contributed by atoms with van der Waals surface area (Å²) in [4.78, 5) is 27.2. The molecular formula is C29H29F3N2O4S. The molecule has 1 aliphatic rings. The van der Waals surface area contributed by atoms with Gasteiger partial charge >= 0.3 is 6.18 Å². The van der Waals surface area contributed by atoms with E-state index in [1.165, 1.54) is 24.3 Å². The molecule has 1 aliphatic heterocycles. The number of hydrogen-bond acceptors (Lipinski definition) is 4. The number of aryl methyl sites for hydroxylation is 1. The lowest BCUT2D eigenvalue weighted by Gasteiger charge is -2.34. The summed E-state index contributed by atoms with van der Waals surface area (Å²) in [5, 5.41) is 0. The van der Waals surface area contributed by atoms with E-state index in [-0.39, 0.29) is 47.7 Å². The van der Waals surface area contributed by atoms with Gasteiger partial charge in [0.2, 0.25) is 15.9 Å². The minimum Gasteiger partial charge on any atom is -0.312 e. The number of piperidine rings is 1. The maximum Gasteiger partial charge on any atom is 0.418 e. The van der Waals surface area contributed by atoms with Crippen LogP contribution >= 0.6 is 0 Å². The lowest BCUT2D eigenvalue weighted by molar-refractivity contribution is -0.137. The average Bonchev–Trinajstić information content (AvgIpc) is 2.85. The van der Waals surface area contributed by atoms with E-state index in [4.69, 9.17) is 0 Å². The van der Waals surface area contributed by atoms with Gasteiger partial charge < -0.3 is 4.90 Å². The summed E-state index contributed by atoms with van der Waals surface area (Å²) in [6.45, 7) is 2.05. The number of halogens is 3. The largest absolute Gasteiger partial charge is 0.418 e. The summed E-state index contributed by atoms with van der Waals surface area (Å²) in [5.41, 5.74) is 1.16. The lowest BCUT2D eigenvalue weighted by atomic mass is 9.89. The zero-order valence-electron chi connectivity index (χ0n) is 21.6. The maximum atomic E-state index is 14.3. The molecular weight excluding hydrogens is 529 g/mol. The van der Waals surface area contributed by atoms with Crippen LogP contribution in [-0.4, -0.2) is 32.9 Å². The summed E-state index contributed by atoms with van der Waals surface area (Å²) in [7, 11) is -3.67. The number of alkyl halides is 3. The zero-order chi connectivity index (χ0) is 28.4. The lowest BCUT2D eigenvalue weighted by Crippen LogP contribution is -2.43. The molecule has 0 radical (unpaired) electrons. The van der Waals surface area contributed by atoms with Crippen molar-refractivity contribution in [1.29, 1.82) is 0 Å². The normalized spacial score (nSPS) is 16.3. The standard InChI is InChI=1S/C29H29F3N2O4S/c1-19-9-11-20(12-10-19)16-23(35)17-22-6-5-15-34(28(22)36)27-14-13-21(18-25(27)29(30,31)32)24-7-3-4-8-26(24)33-39(2,37)38/h3-4,7-14,18,22,33H,5-6,15-17H2,1-2H3/t22-/m0/s1. The van der Waals surface area contributed by atoms with Crippen molar-refractivity contribution in [3.63, 3.8) is 0 Å². The second-order valence-corrected chi connectivity index (χ2v) is 11.6. The molecule has 6 nitrogen and oxygen atoms in total. The quantitative estimate of drug-likeness (QED) is 0.368. The Morgan fingerprint density at radius 3 is 2.41 bits per heavy atom. The predicted molar refractivity (Wildman–Crippen MR) is 145 cm³/mol. The zero-order valence-corrected chi connectivity index (χ0v) is 22.4. The Morgan fingerprint density at radius 2 is 1.74 bits per heavy atom. The third-order valence-corrected chi connectivity index (χ3v) is 7.26. The van der Waals surface area contributed by atoms with Crippen molar-refractivity contribution in [2.45, 2.75) is 38.8 Å². The molecule has 206 valence electrons. The highest BCUT2D eigenvalue weighted by Crippen LogP contribution is 2.42. The Hall–Kier alpha value is -3.66. The van der Waals surface area contributed by atoms with Crippen LogP contribution in [0.4, 0.5) is 24.5 Å². The molecule has 0 unspecified atom stereocenters. The first-order valence-corrected chi connectivity index (χ1v) is 14.4. The van der Waals surface area contributed by atoms with Crippen LogP contribution in [0.3, 0.4) is 0 Å². The van der Waals surface area contributed by atoms with Gasteiger partial charge in [-0.2, -0.15) is 13.2 Å². The number of nitrogens with one attached hydrogen (secondary N) is 1. The van der Waals surface area contributed by atoms with Gasteiger partial charge in [0.1, 0.15) is 5.78 Å². The fourth-order valence-corrected chi connectivity index (χ4v) is 5.43. The van der Waals surface area contributed by atoms with Crippen molar-refractivity contribution in [1.82, 2.24) is 0 Å². The van der Waals surface area contributed by atoms with Crippen LogP contribution in [-0.2, 0) is 32.2 Å². The van der Waals surface area contributed by atoms with Crippen LogP contribution in [0.1, 0.15) is 36.0 Å². The van der Waals surface area contributed by atoms with Gasteiger partial charge in [-0.1, -0.05) is 54.1 Å². The maximum absolute atomic E-state index is 14.3. The molecule has 10 heteroatoms. The number of carbonyl (C=O) groups excluding carboxylic acids is 2. The van der Waals surface area contributed by atoms with Crippen molar-refractivity contribution in [3.05, 3.63) is 83.4 Å². The number of benzene rings is 3. The van der Waals surface area contributed by atoms with Crippen LogP contribution in [0.25, 0.3) is 11.1 Å². The first kappa shape index (κ1) is 28.4. The summed E-state index contributed by atoms with van der Waals surface area (Å²) in [6.07, 6.45) is -2.80. The van der Waals surface area contributed by atoms with Crippen molar-refractivity contribution in [2.24, 2.45) is 5.92 Å². The van der Waals surface area contributed by atoms with E-state index in [1.807, 2.05) is 31.2 Å². The Balaban J connectivity index is 1.61. The number of sulfonamides is 1. The summed E-state index contributed by atoms with van der Waals surface area (Å²) >= 11 is 0. The van der Waals surface area contributed by atoms with Crippen LogP contribution < -0.4 is 9.62 Å². The van der Waals surface area contributed by atoms with Gasteiger partial charge in [0.15, 0.2) is 0 Å². The number of amides is 1. The van der Waals surface area contributed by atoms with Crippen LogP contribution in [0.5, 0.6) is 0 Å². The number of rotatable bonds is 8. The minimum absolute atomic E-state index is 0.0345. The Morgan fingerprint density at radius 1 is 1.05 bits per heavy atom. The van der Waals surface area contributed by atoms with Crippen LogP contribution in [0.2, 0.25) is 0 Å². The molecule has 3 aromatic rings. The molecule has 1 amide bonds. The number of hydrogen-bond donors (Lipinski definition) is 1. The van der Waals surface area contributed by atoms with Gasteiger partial charge in [-0.15, -0.1) is 0 Å². The summed E-state index contributed by atoms with van der Waals surface area (Å²) < 4.78 is 68.7. The van der Waals surface area contributed by atoms with Gasteiger partial charge in [0.25, 0.3) is 0 Å². The summed E-state index contributed by atoms with van der Waals surface area (Å²) in [5.74, 6) is -1.34. The van der Waals surface area contributed by atoms with Crippen molar-refractivity contribution in [2.75, 3.05) is 22.4 Å². The molecule has 1 fully saturated rings. The highest BCUT2D eigenvalue weighted by atomic mass is 32.2. The molecule has 1 atom stereocenters. The first-order chi connectivity index (χ1) is 18.3. The van der Waals surface area contributed by atoms with Crippen molar-refractivity contribution in [3.8, 4) is 11.1 Å². The fourth-order valence-electron chi connectivity index (χ4n) is 4.85. The molecule has 3 aromatic carbocycles. The van der Waals surface area contributed by atoms with Gasteiger partial charge in [-0.05, 0) is 49.1 Å². The Labute approximate surface area is 225 Å². The van der Waals surface area contributed by atoms with E-state index in [2.05, 4.69) is 4.72 Å². The van der Waals surface area contributed by atoms with Gasteiger partial charge in [0.05, 0.1) is 23.2 Å². The van der Waals surface area contributed by atoms with E-state index in [1.54, 1.807) is 12.1 Å². The number of carbonyl (C=O) groups is 2. The third-order valence-electron chi connectivity index (χ3n) is 6.67. The molecule has 0 aromatic heterocycles. The molecule has 1 N–H and O–H groups in total. The molecule has 1 saturated heterocycles. The number of nitrogens with zero attached hydrogens (tertiary/aromatic N) is 1. The van der Waals surface area contributed by atoms with E-state index < -0.39 is 33.6 Å². The second kappa shape index (κ2) is 11.2. The van der Waals surface area contributed by atoms with Crippen molar-refractivity contribution >= 4 is 33.1 Å². The highest BCUT2D eigenvalue weighted by Gasteiger charge is 2.39. The second-order valence-electron chi connectivity index (χ2n) is 9.88. The van der Waals surface area contributed by atoms with Crippen LogP contribution in [0.15, 0.2) is 66.7 Å². The molecule has 0 spiro atoms. The molecule has 4 rings (SSSR count). The van der Waals surface area contributed by atoms with Gasteiger partial charge in [0, 0.05) is 30.9 Å². The summed E-state index contributed by atoms with van der Waals surface area (Å²) in [6, 6.07) is 17.2. The van der Waals surface area contributed by atoms with Crippen molar-refractivity contribution < 1.29 is 31.2 Å². The van der Waals surface area contributed by atoms with E-state index >= 15 is 0 Å². The third kappa shape index (κ3) is 7.06. The monoisotopic (exact) mass is 558 g/mol. The number of Topliss-reactive ketones (excluding diaryl/α,β-unsaturated/α-hetero) is 1. The molecule has 0 aliphatic carbocycles. The smallest absolute Gasteiger partial charge is 0.312 e. The Bertz CT molecular complexity index is 1490.